The Morgan fingerprint density at radius 2 is 1.66 bits per heavy atom. The van der Waals surface area contributed by atoms with Crippen LogP contribution in [0.4, 0.5) is 21.2 Å². The van der Waals surface area contributed by atoms with Gasteiger partial charge in [0, 0.05) is 25.1 Å². The van der Waals surface area contributed by atoms with Crippen LogP contribution in [0.15, 0.2) is 66.9 Å². The maximum Gasteiger partial charge on any atom is 0.416 e. The van der Waals surface area contributed by atoms with Crippen LogP contribution in [0.1, 0.15) is 53.5 Å². The number of rotatable bonds is 7. The lowest BCUT2D eigenvalue weighted by atomic mass is 9.94. The van der Waals surface area contributed by atoms with Crippen LogP contribution in [-0.2, 0) is 16.0 Å². The van der Waals surface area contributed by atoms with Gasteiger partial charge >= 0.3 is 12.2 Å². The van der Waals surface area contributed by atoms with E-state index in [1.807, 2.05) is 84.0 Å². The fourth-order valence-corrected chi connectivity index (χ4v) is 5.49. The first-order valence-electron chi connectivity index (χ1n) is 15.8. The maximum atomic E-state index is 13.7. The topological polar surface area (TPSA) is 122 Å². The molecular formula is C35H43ClN6O5. The van der Waals surface area contributed by atoms with Gasteiger partial charge in [0.25, 0.3) is 0 Å². The van der Waals surface area contributed by atoms with E-state index in [9.17, 15) is 14.7 Å². The summed E-state index contributed by atoms with van der Waals surface area (Å²) < 4.78 is 12.8. The van der Waals surface area contributed by atoms with E-state index in [4.69, 9.17) is 21.1 Å². The smallest absolute Gasteiger partial charge is 0.416 e. The van der Waals surface area contributed by atoms with Crippen LogP contribution in [-0.4, -0.2) is 73.7 Å². The minimum Gasteiger partial charge on any atom is -0.444 e. The average Bonchev–Trinajstić information content (AvgIpc) is 3.38. The molecule has 3 heterocycles. The van der Waals surface area contributed by atoms with Gasteiger partial charge in [0.2, 0.25) is 0 Å². The van der Waals surface area contributed by atoms with Gasteiger partial charge in [-0.15, -0.1) is 0 Å². The highest BCUT2D eigenvalue weighted by molar-refractivity contribution is 6.33. The number of β-amino-alcohol motifs (C(OH)–C–C–N with tert-alkyl or cyclic N) is 1. The highest BCUT2D eigenvalue weighted by atomic mass is 35.5. The Balaban J connectivity index is 1.39. The molecule has 1 saturated heterocycles. The molecule has 1 aliphatic rings. The number of fused-ring (bicyclic) bond motifs is 1. The monoisotopic (exact) mass is 662 g/mol. The van der Waals surface area contributed by atoms with Gasteiger partial charge in [-0.05, 0) is 64.7 Å². The number of halogens is 1. The summed E-state index contributed by atoms with van der Waals surface area (Å²) in [5.74, 6) is 0.705. The molecule has 2 atom stereocenters. The van der Waals surface area contributed by atoms with Gasteiger partial charge in [0.1, 0.15) is 27.9 Å². The molecule has 2 aromatic heterocycles. The number of hydrogen-bond acceptors (Lipinski definition) is 8. The number of carbonyl (C=O) groups excluding carboxylic acids is 2. The molecule has 0 bridgehead atoms. The van der Waals surface area contributed by atoms with Gasteiger partial charge in [-0.2, -0.15) is 9.61 Å². The molecule has 0 unspecified atom stereocenters. The van der Waals surface area contributed by atoms with E-state index in [0.29, 0.717) is 41.8 Å². The Morgan fingerprint density at radius 1 is 1.00 bits per heavy atom. The number of anilines is 2. The van der Waals surface area contributed by atoms with Gasteiger partial charge in [-0.3, -0.25) is 4.90 Å². The first kappa shape index (κ1) is 34.0. The number of piperidine rings is 1. The Kier molecular flexibility index (Phi) is 9.97. The average molecular weight is 663 g/mol. The maximum absolute atomic E-state index is 13.7. The standard InChI is InChI=1S/C35H43ClN6O5/c1-34(2,3)46-32(44)40-17-16-26(28(43)22-40)19-37-29-18-30(42-31(39-29)27(36)20-38-42)41(33(45)47-35(4,5)6)21-23-12-14-25(15-13-23)24-10-8-7-9-11-24/h7-15,18,20,26,28,43H,16-17,19,21-22H2,1-6H3,(H,37,39)/t26-,28+/m1/s1. The highest BCUT2D eigenvalue weighted by Crippen LogP contribution is 2.29. The fraction of sp³-hybridized carbons (Fsp3) is 0.429. The first-order chi connectivity index (χ1) is 22.2. The van der Waals surface area contributed by atoms with Crippen molar-refractivity contribution >= 4 is 41.1 Å². The van der Waals surface area contributed by atoms with E-state index < -0.39 is 29.5 Å². The summed E-state index contributed by atoms with van der Waals surface area (Å²) in [5, 5.41) is 19.0. The lowest BCUT2D eigenvalue weighted by Gasteiger charge is -2.36. The molecule has 2 aromatic carbocycles. The predicted molar refractivity (Wildman–Crippen MR) is 183 cm³/mol. The molecule has 0 saturated carbocycles. The number of aliphatic hydroxyl groups is 1. The normalized spacial score (nSPS) is 17.0. The SMILES string of the molecule is CC(C)(C)OC(=O)N1CC[C@H](CNc2cc(N(Cc3ccc(-c4ccccc4)cc3)C(=O)OC(C)(C)C)n3ncc(Cl)c3n2)[C@@H](O)C1. The Morgan fingerprint density at radius 3 is 2.30 bits per heavy atom. The number of amides is 2. The summed E-state index contributed by atoms with van der Waals surface area (Å²) in [6.45, 7) is 12.1. The predicted octanol–water partition coefficient (Wildman–Crippen LogP) is 7.02. The number of nitrogens with zero attached hydrogens (tertiary/aromatic N) is 5. The number of aliphatic hydroxyl groups excluding tert-OH is 1. The number of likely N-dealkylation sites (tertiary alicyclic amines) is 1. The zero-order valence-electron chi connectivity index (χ0n) is 27.7. The highest BCUT2D eigenvalue weighted by Gasteiger charge is 2.33. The molecule has 11 nitrogen and oxygen atoms in total. The lowest BCUT2D eigenvalue weighted by Crippen LogP contribution is -2.49. The Bertz CT molecular complexity index is 1700. The summed E-state index contributed by atoms with van der Waals surface area (Å²) in [6.07, 6.45) is 0.295. The second-order valence-electron chi connectivity index (χ2n) is 13.8. The van der Waals surface area contributed by atoms with Crippen molar-refractivity contribution in [2.45, 2.75) is 71.8 Å². The van der Waals surface area contributed by atoms with Crippen molar-refractivity contribution in [3.8, 4) is 11.1 Å². The van der Waals surface area contributed by atoms with Crippen LogP contribution in [0.3, 0.4) is 0 Å². The minimum absolute atomic E-state index is 0.152. The molecule has 1 fully saturated rings. The number of ether oxygens (including phenoxy) is 2. The van der Waals surface area contributed by atoms with Gasteiger partial charge in [-0.25, -0.2) is 14.6 Å². The second-order valence-corrected chi connectivity index (χ2v) is 14.2. The fourth-order valence-electron chi connectivity index (χ4n) is 5.32. The third kappa shape index (κ3) is 8.72. The zero-order valence-corrected chi connectivity index (χ0v) is 28.5. The van der Waals surface area contributed by atoms with Crippen molar-refractivity contribution in [3.05, 3.63) is 77.4 Å². The van der Waals surface area contributed by atoms with Crippen molar-refractivity contribution in [1.29, 1.82) is 0 Å². The minimum atomic E-state index is -0.761. The zero-order chi connectivity index (χ0) is 33.9. The van der Waals surface area contributed by atoms with Crippen molar-refractivity contribution in [1.82, 2.24) is 19.5 Å². The third-order valence-corrected chi connectivity index (χ3v) is 7.89. The summed E-state index contributed by atoms with van der Waals surface area (Å²) in [4.78, 5) is 34.0. The molecule has 2 amide bonds. The van der Waals surface area contributed by atoms with E-state index in [1.165, 1.54) is 20.5 Å². The Hall–Kier alpha value is -4.35. The lowest BCUT2D eigenvalue weighted by molar-refractivity contribution is -0.0104. The molecule has 0 spiro atoms. The van der Waals surface area contributed by atoms with Gasteiger partial charge in [-0.1, -0.05) is 66.2 Å². The van der Waals surface area contributed by atoms with E-state index in [0.717, 1.165) is 16.7 Å². The van der Waals surface area contributed by atoms with Crippen LogP contribution in [0, 0.1) is 5.92 Å². The number of aromatic nitrogens is 3. The molecule has 12 heteroatoms. The molecule has 4 aromatic rings. The molecule has 250 valence electrons. The molecule has 2 N–H and O–H groups in total. The van der Waals surface area contributed by atoms with E-state index in [-0.39, 0.29) is 19.0 Å². The first-order valence-corrected chi connectivity index (χ1v) is 16.1. The third-order valence-electron chi connectivity index (χ3n) is 7.62. The van der Waals surface area contributed by atoms with Crippen molar-refractivity contribution in [2.75, 3.05) is 29.9 Å². The molecule has 0 aliphatic carbocycles. The van der Waals surface area contributed by atoms with Crippen LogP contribution in [0.5, 0.6) is 0 Å². The molecule has 5 rings (SSSR count). The van der Waals surface area contributed by atoms with E-state index >= 15 is 0 Å². The van der Waals surface area contributed by atoms with Crippen molar-refractivity contribution in [3.63, 3.8) is 0 Å². The largest absolute Gasteiger partial charge is 0.444 e. The second kappa shape index (κ2) is 13.8. The molecule has 47 heavy (non-hydrogen) atoms. The van der Waals surface area contributed by atoms with E-state index in [1.54, 1.807) is 6.07 Å². The number of hydrogen-bond donors (Lipinski definition) is 2. The molecule has 1 aliphatic heterocycles. The quantitative estimate of drug-likeness (QED) is 0.217. The Labute approximate surface area is 280 Å². The summed E-state index contributed by atoms with van der Waals surface area (Å²) in [6, 6.07) is 19.8. The van der Waals surface area contributed by atoms with Crippen LogP contribution in [0.25, 0.3) is 16.8 Å². The summed E-state index contributed by atoms with van der Waals surface area (Å²) in [5.41, 5.74) is 2.05. The van der Waals surface area contributed by atoms with Gasteiger partial charge < -0.3 is 24.8 Å². The van der Waals surface area contributed by atoms with Crippen LogP contribution in [0.2, 0.25) is 5.02 Å². The van der Waals surface area contributed by atoms with Gasteiger partial charge in [0.15, 0.2) is 5.65 Å². The number of benzene rings is 2. The van der Waals surface area contributed by atoms with E-state index in [2.05, 4.69) is 27.5 Å². The molecular weight excluding hydrogens is 620 g/mol. The van der Waals surface area contributed by atoms with Gasteiger partial charge in [0.05, 0.1) is 25.4 Å². The number of carbonyl (C=O) groups is 2. The molecule has 0 radical (unpaired) electrons. The summed E-state index contributed by atoms with van der Waals surface area (Å²) in [7, 11) is 0. The van der Waals surface area contributed by atoms with Crippen LogP contribution >= 0.6 is 11.6 Å². The summed E-state index contributed by atoms with van der Waals surface area (Å²) >= 11 is 6.51. The van der Waals surface area contributed by atoms with Crippen molar-refractivity contribution < 1.29 is 24.2 Å². The number of nitrogens with one attached hydrogen (secondary N) is 1. The van der Waals surface area contributed by atoms with Crippen molar-refractivity contribution in [2.24, 2.45) is 5.92 Å². The van der Waals surface area contributed by atoms with Crippen LogP contribution < -0.4 is 10.2 Å².